The van der Waals surface area contributed by atoms with Crippen LogP contribution >= 0.6 is 0 Å². The van der Waals surface area contributed by atoms with Gasteiger partial charge in [0.15, 0.2) is 0 Å². The van der Waals surface area contributed by atoms with E-state index in [4.69, 9.17) is 4.74 Å². The van der Waals surface area contributed by atoms with Crippen molar-refractivity contribution in [3.63, 3.8) is 0 Å². The SMILES string of the molecule is CCc1cccc(CC)c1N/C=C(/C#N)C(=O)N1CC(C)OC(C)C1. The summed E-state index contributed by atoms with van der Waals surface area (Å²) in [5.41, 5.74) is 3.47. The summed E-state index contributed by atoms with van der Waals surface area (Å²) in [6.45, 7) is 9.08. The smallest absolute Gasteiger partial charge is 0.266 e. The van der Waals surface area contributed by atoms with Crippen molar-refractivity contribution in [3.05, 3.63) is 41.1 Å². The summed E-state index contributed by atoms with van der Waals surface area (Å²) in [6, 6.07) is 8.21. The molecule has 5 nitrogen and oxygen atoms in total. The van der Waals surface area contributed by atoms with E-state index in [-0.39, 0.29) is 23.7 Å². The number of nitriles is 1. The van der Waals surface area contributed by atoms with Crippen LogP contribution in [0, 0.1) is 11.3 Å². The van der Waals surface area contributed by atoms with Crippen molar-refractivity contribution in [1.29, 1.82) is 5.26 Å². The molecule has 2 atom stereocenters. The van der Waals surface area contributed by atoms with Gasteiger partial charge in [0.05, 0.1) is 12.2 Å². The first-order valence-corrected chi connectivity index (χ1v) is 8.92. The zero-order chi connectivity index (χ0) is 18.4. The first kappa shape index (κ1) is 19.0. The topological polar surface area (TPSA) is 65.4 Å². The number of aryl methyl sites for hydroxylation is 2. The molecule has 1 saturated heterocycles. The van der Waals surface area contributed by atoms with Crippen LogP contribution in [-0.4, -0.2) is 36.1 Å². The van der Waals surface area contributed by atoms with Crippen LogP contribution in [0.3, 0.4) is 0 Å². The molecule has 1 N–H and O–H groups in total. The number of hydrogen-bond acceptors (Lipinski definition) is 4. The number of nitrogens with zero attached hydrogens (tertiary/aromatic N) is 2. The van der Waals surface area contributed by atoms with Crippen molar-refractivity contribution < 1.29 is 9.53 Å². The van der Waals surface area contributed by atoms with Crippen LogP contribution in [-0.2, 0) is 22.4 Å². The van der Waals surface area contributed by atoms with Crippen molar-refractivity contribution >= 4 is 11.6 Å². The van der Waals surface area contributed by atoms with E-state index in [1.54, 1.807) is 11.1 Å². The lowest BCUT2D eigenvalue weighted by Gasteiger charge is -2.35. The van der Waals surface area contributed by atoms with Crippen LogP contribution in [0.5, 0.6) is 0 Å². The van der Waals surface area contributed by atoms with Gasteiger partial charge in [-0.25, -0.2) is 0 Å². The Balaban J connectivity index is 2.21. The van der Waals surface area contributed by atoms with Gasteiger partial charge < -0.3 is 15.0 Å². The predicted octanol–water partition coefficient (Wildman–Crippen LogP) is 3.27. The minimum Gasteiger partial charge on any atom is -0.372 e. The monoisotopic (exact) mass is 341 g/mol. The number of hydrogen-bond donors (Lipinski definition) is 1. The average Bonchev–Trinajstić information content (AvgIpc) is 2.60. The number of nitrogens with one attached hydrogen (secondary N) is 1. The number of carbonyl (C=O) groups excluding carboxylic acids is 1. The van der Waals surface area contributed by atoms with Gasteiger partial charge in [0.1, 0.15) is 11.6 Å². The second-order valence-corrected chi connectivity index (χ2v) is 6.44. The maximum atomic E-state index is 12.7. The Bertz CT molecular complexity index is 658. The number of carbonyl (C=O) groups is 1. The van der Waals surface area contributed by atoms with E-state index in [9.17, 15) is 10.1 Å². The fourth-order valence-corrected chi connectivity index (χ4v) is 3.23. The molecule has 1 aromatic rings. The Kier molecular flexibility index (Phi) is 6.60. The highest BCUT2D eigenvalue weighted by molar-refractivity contribution is 5.97. The molecule has 0 aromatic heterocycles. The van der Waals surface area contributed by atoms with E-state index in [1.807, 2.05) is 26.0 Å². The highest BCUT2D eigenvalue weighted by atomic mass is 16.5. The van der Waals surface area contributed by atoms with Gasteiger partial charge in [-0.15, -0.1) is 0 Å². The summed E-state index contributed by atoms with van der Waals surface area (Å²) in [4.78, 5) is 14.4. The maximum absolute atomic E-state index is 12.7. The van der Waals surface area contributed by atoms with Crippen LogP contribution in [0.25, 0.3) is 0 Å². The fraction of sp³-hybridized carbons (Fsp3) is 0.500. The van der Waals surface area contributed by atoms with E-state index in [2.05, 4.69) is 31.3 Å². The summed E-state index contributed by atoms with van der Waals surface area (Å²) in [7, 11) is 0. The van der Waals surface area contributed by atoms with Gasteiger partial charge in [0.2, 0.25) is 0 Å². The minimum atomic E-state index is -0.246. The molecule has 0 spiro atoms. The van der Waals surface area contributed by atoms with Crippen molar-refractivity contribution in [2.75, 3.05) is 18.4 Å². The van der Waals surface area contributed by atoms with Crippen LogP contribution in [0.2, 0.25) is 0 Å². The van der Waals surface area contributed by atoms with Gasteiger partial charge in [0, 0.05) is 25.0 Å². The standard InChI is InChI=1S/C20H27N3O2/c1-5-16-8-7-9-17(6-2)19(16)22-11-18(10-21)20(24)23-12-14(3)25-15(4)13-23/h7-9,11,14-15,22H,5-6,12-13H2,1-4H3/b18-11-. The number of rotatable bonds is 5. The van der Waals surface area contributed by atoms with Crippen LogP contribution < -0.4 is 5.32 Å². The Morgan fingerprint density at radius 1 is 1.28 bits per heavy atom. The average molecular weight is 341 g/mol. The van der Waals surface area contributed by atoms with E-state index in [0.29, 0.717) is 13.1 Å². The Morgan fingerprint density at radius 2 is 1.84 bits per heavy atom. The van der Waals surface area contributed by atoms with Crippen molar-refractivity contribution in [2.45, 2.75) is 52.7 Å². The molecule has 1 heterocycles. The van der Waals surface area contributed by atoms with Gasteiger partial charge in [-0.1, -0.05) is 32.0 Å². The van der Waals surface area contributed by atoms with Gasteiger partial charge in [-0.3, -0.25) is 4.79 Å². The van der Waals surface area contributed by atoms with E-state index < -0.39 is 0 Å². The van der Waals surface area contributed by atoms with Gasteiger partial charge in [0.25, 0.3) is 5.91 Å². The number of para-hydroxylation sites is 1. The summed E-state index contributed by atoms with van der Waals surface area (Å²) in [5.74, 6) is -0.246. The summed E-state index contributed by atoms with van der Waals surface area (Å²) >= 11 is 0. The molecule has 0 saturated carbocycles. The second kappa shape index (κ2) is 8.68. The molecule has 1 fully saturated rings. The zero-order valence-corrected chi connectivity index (χ0v) is 15.5. The third kappa shape index (κ3) is 4.61. The van der Waals surface area contributed by atoms with Gasteiger partial charge in [-0.05, 0) is 37.8 Å². The van der Waals surface area contributed by atoms with E-state index in [0.717, 1.165) is 18.5 Å². The lowest BCUT2D eigenvalue weighted by Crippen LogP contribution is -2.48. The molecule has 2 rings (SSSR count). The lowest BCUT2D eigenvalue weighted by molar-refractivity contribution is -0.138. The van der Waals surface area contributed by atoms with Gasteiger partial charge in [-0.2, -0.15) is 5.26 Å². The van der Waals surface area contributed by atoms with E-state index in [1.165, 1.54) is 11.1 Å². The van der Waals surface area contributed by atoms with Crippen molar-refractivity contribution in [3.8, 4) is 6.07 Å². The quantitative estimate of drug-likeness (QED) is 0.659. The molecular formula is C20H27N3O2. The Morgan fingerprint density at radius 3 is 2.32 bits per heavy atom. The summed E-state index contributed by atoms with van der Waals surface area (Å²) < 4.78 is 5.66. The molecule has 5 heteroatoms. The molecule has 134 valence electrons. The molecule has 1 amide bonds. The molecule has 1 aliphatic rings. The number of benzene rings is 1. The van der Waals surface area contributed by atoms with E-state index >= 15 is 0 Å². The summed E-state index contributed by atoms with van der Waals surface area (Å²) in [6.07, 6.45) is 3.28. The van der Waals surface area contributed by atoms with Crippen LogP contribution in [0.15, 0.2) is 30.0 Å². The molecular weight excluding hydrogens is 314 g/mol. The first-order chi connectivity index (χ1) is 12.0. The van der Waals surface area contributed by atoms with Crippen molar-refractivity contribution in [2.24, 2.45) is 0 Å². The lowest BCUT2D eigenvalue weighted by atomic mass is 10.0. The molecule has 1 aliphatic heterocycles. The number of morpholine rings is 1. The Labute approximate surface area is 150 Å². The second-order valence-electron chi connectivity index (χ2n) is 6.44. The highest BCUT2D eigenvalue weighted by Gasteiger charge is 2.27. The third-order valence-corrected chi connectivity index (χ3v) is 4.42. The summed E-state index contributed by atoms with van der Waals surface area (Å²) in [5, 5.41) is 12.7. The maximum Gasteiger partial charge on any atom is 0.266 e. The molecule has 25 heavy (non-hydrogen) atoms. The number of ether oxygens (including phenoxy) is 1. The first-order valence-electron chi connectivity index (χ1n) is 8.92. The molecule has 0 aliphatic carbocycles. The zero-order valence-electron chi connectivity index (χ0n) is 15.5. The third-order valence-electron chi connectivity index (χ3n) is 4.42. The molecule has 0 bridgehead atoms. The van der Waals surface area contributed by atoms with Crippen LogP contribution in [0.1, 0.15) is 38.8 Å². The molecule has 1 aromatic carbocycles. The molecule has 0 radical (unpaired) electrons. The van der Waals surface area contributed by atoms with Gasteiger partial charge >= 0.3 is 0 Å². The Hall–Kier alpha value is -2.32. The minimum absolute atomic E-state index is 0.0203. The largest absolute Gasteiger partial charge is 0.372 e. The van der Waals surface area contributed by atoms with Crippen LogP contribution in [0.4, 0.5) is 5.69 Å². The number of amides is 1. The predicted molar refractivity (Wildman–Crippen MR) is 99.1 cm³/mol. The fourth-order valence-electron chi connectivity index (χ4n) is 3.23. The van der Waals surface area contributed by atoms with Crippen molar-refractivity contribution in [1.82, 2.24) is 4.90 Å². The molecule has 2 unspecified atom stereocenters. The normalized spacial score (nSPS) is 20.9. The highest BCUT2D eigenvalue weighted by Crippen LogP contribution is 2.23. The number of anilines is 1.